The van der Waals surface area contributed by atoms with Gasteiger partial charge < -0.3 is 4.98 Å². The Morgan fingerprint density at radius 3 is 2.64 bits per heavy atom. The zero-order chi connectivity index (χ0) is 10.3. The molecule has 1 aromatic carbocycles. The van der Waals surface area contributed by atoms with E-state index in [0.717, 1.165) is 0 Å². The molecular weight excluding hydrogens is 302 g/mol. The Labute approximate surface area is 90.3 Å². The predicted octanol–water partition coefficient (Wildman–Crippen LogP) is 0.960. The molecule has 0 radical (unpaired) electrons. The van der Waals surface area contributed by atoms with Crippen LogP contribution in [0.2, 0.25) is 0 Å². The van der Waals surface area contributed by atoms with Gasteiger partial charge in [-0.1, -0.05) is 0 Å². The van der Waals surface area contributed by atoms with E-state index in [2.05, 4.69) is 4.98 Å². The monoisotopic (exact) mass is 306 g/mol. The molecule has 0 atom stereocenters. The van der Waals surface area contributed by atoms with Crippen LogP contribution < -0.4 is 11.2 Å². The minimum Gasteiger partial charge on any atom is -0.304 e. The molecule has 0 saturated heterocycles. The van der Waals surface area contributed by atoms with E-state index in [-0.39, 0.29) is 10.9 Å². The summed E-state index contributed by atoms with van der Waals surface area (Å²) in [6.45, 7) is 0. The third-order valence-electron chi connectivity index (χ3n) is 1.81. The van der Waals surface area contributed by atoms with Crippen LogP contribution in [0.1, 0.15) is 0 Å². The fraction of sp³-hybridized carbons (Fsp3) is 0. The van der Waals surface area contributed by atoms with E-state index >= 15 is 0 Å². The van der Waals surface area contributed by atoms with Crippen LogP contribution in [-0.4, -0.2) is 9.97 Å². The zero-order valence-corrected chi connectivity index (χ0v) is 8.88. The van der Waals surface area contributed by atoms with Crippen molar-refractivity contribution in [3.63, 3.8) is 0 Å². The average Bonchev–Trinajstić information content (AvgIpc) is 2.12. The molecule has 0 fully saturated rings. The van der Waals surface area contributed by atoms with E-state index in [1.807, 2.05) is 4.98 Å². The summed E-state index contributed by atoms with van der Waals surface area (Å²) in [6.07, 6.45) is 0. The molecule has 1 heterocycles. The highest BCUT2D eigenvalue weighted by Crippen LogP contribution is 2.16. The van der Waals surface area contributed by atoms with E-state index in [1.54, 1.807) is 22.6 Å². The molecule has 0 amide bonds. The van der Waals surface area contributed by atoms with Crippen molar-refractivity contribution in [3.05, 3.63) is 42.4 Å². The van der Waals surface area contributed by atoms with Crippen molar-refractivity contribution in [1.29, 1.82) is 0 Å². The molecule has 2 rings (SSSR count). The lowest BCUT2D eigenvalue weighted by molar-refractivity contribution is 0.628. The third kappa shape index (κ3) is 1.35. The summed E-state index contributed by atoms with van der Waals surface area (Å²) in [5.74, 6) is -0.577. The molecule has 4 nitrogen and oxygen atoms in total. The fourth-order valence-corrected chi connectivity index (χ4v) is 1.63. The van der Waals surface area contributed by atoms with Crippen LogP contribution >= 0.6 is 22.6 Å². The van der Waals surface area contributed by atoms with Gasteiger partial charge in [-0.3, -0.25) is 9.78 Å². The molecule has 2 aromatic rings. The zero-order valence-electron chi connectivity index (χ0n) is 6.73. The van der Waals surface area contributed by atoms with Crippen LogP contribution in [0.5, 0.6) is 0 Å². The van der Waals surface area contributed by atoms with Crippen LogP contribution in [0.25, 0.3) is 10.9 Å². The Balaban J connectivity index is 3.10. The first-order valence-corrected chi connectivity index (χ1v) is 4.78. The first-order valence-electron chi connectivity index (χ1n) is 3.70. The minimum absolute atomic E-state index is 0.0503. The topological polar surface area (TPSA) is 65.7 Å². The van der Waals surface area contributed by atoms with Gasteiger partial charge in [-0.25, -0.2) is 9.18 Å². The highest BCUT2D eigenvalue weighted by atomic mass is 127. The van der Waals surface area contributed by atoms with Crippen LogP contribution in [0.3, 0.4) is 0 Å². The molecule has 0 spiro atoms. The largest absolute Gasteiger partial charge is 0.326 e. The van der Waals surface area contributed by atoms with Gasteiger partial charge in [-0.05, 0) is 34.7 Å². The van der Waals surface area contributed by atoms with Gasteiger partial charge in [0.1, 0.15) is 0 Å². The van der Waals surface area contributed by atoms with Crippen molar-refractivity contribution in [2.45, 2.75) is 0 Å². The first-order chi connectivity index (χ1) is 6.59. The summed E-state index contributed by atoms with van der Waals surface area (Å²) in [5, 5.41) is 0.141. The Bertz CT molecular complexity index is 617. The summed E-state index contributed by atoms with van der Waals surface area (Å²) in [4.78, 5) is 26.4. The second-order valence-corrected chi connectivity index (χ2v) is 3.85. The maximum Gasteiger partial charge on any atom is 0.326 e. The molecule has 14 heavy (non-hydrogen) atoms. The summed E-state index contributed by atoms with van der Waals surface area (Å²) in [6, 6.07) is 2.95. The van der Waals surface area contributed by atoms with Gasteiger partial charge in [0.05, 0.1) is 14.5 Å². The Morgan fingerprint density at radius 2 is 1.93 bits per heavy atom. The van der Waals surface area contributed by atoms with Gasteiger partial charge >= 0.3 is 5.69 Å². The highest BCUT2D eigenvalue weighted by molar-refractivity contribution is 14.1. The van der Waals surface area contributed by atoms with Crippen LogP contribution in [0, 0.1) is 9.39 Å². The molecule has 0 unspecified atom stereocenters. The Kier molecular flexibility index (Phi) is 2.14. The number of H-pyrrole nitrogens is 2. The average molecular weight is 306 g/mol. The SMILES string of the molecule is O=c1[nH]c(=O)c2ccc(I)c(F)c2[nH]1. The number of hydrogen-bond donors (Lipinski definition) is 2. The van der Waals surface area contributed by atoms with Gasteiger partial charge in [0, 0.05) is 0 Å². The van der Waals surface area contributed by atoms with E-state index in [4.69, 9.17) is 0 Å². The molecule has 2 N–H and O–H groups in total. The summed E-state index contributed by atoms with van der Waals surface area (Å²) >= 11 is 1.79. The maximum absolute atomic E-state index is 13.4. The standard InChI is InChI=1S/C8H4FIN2O2/c9-5-4(10)2-1-3-6(5)11-8(14)12-7(3)13/h1-2H,(H2,11,12,13,14). The molecule has 0 bridgehead atoms. The molecule has 6 heteroatoms. The number of hydrogen-bond acceptors (Lipinski definition) is 2. The Hall–Kier alpha value is -1.18. The normalized spacial score (nSPS) is 10.7. The molecular formula is C8H4FIN2O2. The lowest BCUT2D eigenvalue weighted by Gasteiger charge is -1.99. The van der Waals surface area contributed by atoms with Gasteiger partial charge in [0.2, 0.25) is 0 Å². The molecule has 0 saturated carbocycles. The van der Waals surface area contributed by atoms with E-state index in [9.17, 15) is 14.0 Å². The summed E-state index contributed by atoms with van der Waals surface area (Å²) in [7, 11) is 0. The van der Waals surface area contributed by atoms with Crippen molar-refractivity contribution in [1.82, 2.24) is 9.97 Å². The van der Waals surface area contributed by atoms with Gasteiger partial charge in [0.15, 0.2) is 5.82 Å². The van der Waals surface area contributed by atoms with Crippen LogP contribution in [0.4, 0.5) is 4.39 Å². The lowest BCUT2D eigenvalue weighted by atomic mass is 10.2. The quantitative estimate of drug-likeness (QED) is 0.712. The summed E-state index contributed by atoms with van der Waals surface area (Å²) in [5.41, 5.74) is -1.34. The van der Waals surface area contributed by atoms with Crippen molar-refractivity contribution < 1.29 is 4.39 Å². The van der Waals surface area contributed by atoms with Crippen LogP contribution in [0.15, 0.2) is 21.7 Å². The van der Waals surface area contributed by atoms with E-state index < -0.39 is 17.1 Å². The maximum atomic E-state index is 13.4. The van der Waals surface area contributed by atoms with Gasteiger partial charge in [-0.2, -0.15) is 0 Å². The molecule has 72 valence electrons. The van der Waals surface area contributed by atoms with Gasteiger partial charge in [0.25, 0.3) is 5.56 Å². The first kappa shape index (κ1) is 9.38. The number of aromatic amines is 2. The highest BCUT2D eigenvalue weighted by Gasteiger charge is 2.08. The van der Waals surface area contributed by atoms with Gasteiger partial charge in [-0.15, -0.1) is 0 Å². The Morgan fingerprint density at radius 1 is 1.21 bits per heavy atom. The van der Waals surface area contributed by atoms with Crippen molar-refractivity contribution in [3.8, 4) is 0 Å². The molecule has 1 aromatic heterocycles. The number of benzene rings is 1. The number of rotatable bonds is 0. The smallest absolute Gasteiger partial charge is 0.304 e. The number of fused-ring (bicyclic) bond motifs is 1. The van der Waals surface area contributed by atoms with Crippen molar-refractivity contribution in [2.75, 3.05) is 0 Å². The fourth-order valence-electron chi connectivity index (χ4n) is 1.18. The third-order valence-corrected chi connectivity index (χ3v) is 2.64. The van der Waals surface area contributed by atoms with Crippen molar-refractivity contribution in [2.24, 2.45) is 0 Å². The lowest BCUT2D eigenvalue weighted by Crippen LogP contribution is -2.22. The number of halogens is 2. The van der Waals surface area contributed by atoms with E-state index in [0.29, 0.717) is 3.57 Å². The van der Waals surface area contributed by atoms with Crippen molar-refractivity contribution >= 4 is 33.5 Å². The minimum atomic E-state index is -0.705. The van der Waals surface area contributed by atoms with Crippen LogP contribution in [-0.2, 0) is 0 Å². The number of aromatic nitrogens is 2. The second-order valence-electron chi connectivity index (χ2n) is 2.69. The number of nitrogens with one attached hydrogen (secondary N) is 2. The van der Waals surface area contributed by atoms with E-state index in [1.165, 1.54) is 12.1 Å². The summed E-state index contributed by atoms with van der Waals surface area (Å²) < 4.78 is 13.8. The molecule has 0 aliphatic heterocycles. The molecule has 0 aliphatic carbocycles. The molecule has 0 aliphatic rings. The predicted molar refractivity (Wildman–Crippen MR) is 57.9 cm³/mol. The second kappa shape index (κ2) is 3.19.